The molecule has 0 radical (unpaired) electrons. The van der Waals surface area contributed by atoms with Gasteiger partial charge in [0.1, 0.15) is 6.10 Å². The first-order valence-electron chi connectivity index (χ1n) is 8.76. The van der Waals surface area contributed by atoms with E-state index >= 15 is 0 Å². The van der Waals surface area contributed by atoms with E-state index < -0.39 is 0 Å². The fourth-order valence-corrected chi connectivity index (χ4v) is 3.42. The number of nitrogens with zero attached hydrogens (tertiary/aromatic N) is 2. The standard InChI is InChI=1S/C18H24ClN3O3/c19-15-4-1-3-14(11-15)12-20-17(23)13-21-6-8-22(9-7-21)18(24)16-5-2-10-25-16/h1,3-4,11,16H,2,5-10,12-13H2,(H,20,23). The lowest BCUT2D eigenvalue weighted by atomic mass is 10.2. The fourth-order valence-electron chi connectivity index (χ4n) is 3.21. The zero-order valence-corrected chi connectivity index (χ0v) is 15.0. The fraction of sp³-hybridized carbons (Fsp3) is 0.556. The molecule has 2 aliphatic heterocycles. The number of carbonyl (C=O) groups is 2. The third kappa shape index (κ3) is 5.17. The summed E-state index contributed by atoms with van der Waals surface area (Å²) >= 11 is 5.94. The van der Waals surface area contributed by atoms with E-state index in [0.717, 1.165) is 18.4 Å². The highest BCUT2D eigenvalue weighted by molar-refractivity contribution is 6.30. The maximum absolute atomic E-state index is 12.3. The summed E-state index contributed by atoms with van der Waals surface area (Å²) < 4.78 is 5.46. The molecule has 1 aromatic carbocycles. The highest BCUT2D eigenvalue weighted by atomic mass is 35.5. The van der Waals surface area contributed by atoms with Gasteiger partial charge in [-0.25, -0.2) is 0 Å². The van der Waals surface area contributed by atoms with Crippen molar-refractivity contribution in [3.63, 3.8) is 0 Å². The second-order valence-corrected chi connectivity index (χ2v) is 6.95. The van der Waals surface area contributed by atoms with E-state index in [9.17, 15) is 9.59 Å². The van der Waals surface area contributed by atoms with Crippen LogP contribution < -0.4 is 5.32 Å². The Balaban J connectivity index is 1.38. The summed E-state index contributed by atoms with van der Waals surface area (Å²) in [7, 11) is 0. The van der Waals surface area contributed by atoms with Crippen molar-refractivity contribution in [1.82, 2.24) is 15.1 Å². The van der Waals surface area contributed by atoms with Crippen LogP contribution in [0.4, 0.5) is 0 Å². The minimum atomic E-state index is -0.257. The Kier molecular flexibility index (Phi) is 6.29. The van der Waals surface area contributed by atoms with Crippen LogP contribution >= 0.6 is 11.6 Å². The molecule has 2 heterocycles. The van der Waals surface area contributed by atoms with Crippen LogP contribution in [0.5, 0.6) is 0 Å². The number of benzene rings is 1. The largest absolute Gasteiger partial charge is 0.368 e. The van der Waals surface area contributed by atoms with Crippen LogP contribution in [0.15, 0.2) is 24.3 Å². The topological polar surface area (TPSA) is 61.9 Å². The Morgan fingerprint density at radius 2 is 2.04 bits per heavy atom. The molecular weight excluding hydrogens is 342 g/mol. The molecule has 1 N–H and O–H groups in total. The predicted molar refractivity (Wildman–Crippen MR) is 95.3 cm³/mol. The number of carbonyl (C=O) groups excluding carboxylic acids is 2. The third-order valence-corrected chi connectivity index (χ3v) is 4.87. The van der Waals surface area contributed by atoms with Gasteiger partial charge in [0.15, 0.2) is 0 Å². The SMILES string of the molecule is O=C(CN1CCN(C(=O)C2CCCO2)CC1)NCc1cccc(Cl)c1. The highest BCUT2D eigenvalue weighted by Crippen LogP contribution is 2.16. The molecule has 0 aromatic heterocycles. The van der Waals surface area contributed by atoms with Gasteiger partial charge in [-0.15, -0.1) is 0 Å². The summed E-state index contributed by atoms with van der Waals surface area (Å²) in [5.74, 6) is 0.0847. The Labute approximate surface area is 153 Å². The first kappa shape index (κ1) is 18.2. The number of amides is 2. The zero-order chi connectivity index (χ0) is 17.6. The van der Waals surface area contributed by atoms with Crippen molar-refractivity contribution in [2.45, 2.75) is 25.5 Å². The molecular formula is C18H24ClN3O3. The molecule has 1 atom stereocenters. The van der Waals surface area contributed by atoms with Gasteiger partial charge >= 0.3 is 0 Å². The molecule has 1 aromatic rings. The number of nitrogens with one attached hydrogen (secondary N) is 1. The predicted octanol–water partition coefficient (Wildman–Crippen LogP) is 1.28. The number of halogens is 1. The lowest BCUT2D eigenvalue weighted by Crippen LogP contribution is -2.53. The average molecular weight is 366 g/mol. The average Bonchev–Trinajstić information content (AvgIpc) is 3.15. The molecule has 7 heteroatoms. The molecule has 0 spiro atoms. The lowest BCUT2D eigenvalue weighted by Gasteiger charge is -2.35. The van der Waals surface area contributed by atoms with Gasteiger partial charge in [-0.05, 0) is 30.5 Å². The summed E-state index contributed by atoms with van der Waals surface area (Å²) in [5, 5.41) is 3.58. The molecule has 25 heavy (non-hydrogen) atoms. The number of hydrogen-bond donors (Lipinski definition) is 1. The minimum absolute atomic E-state index is 0.0149. The van der Waals surface area contributed by atoms with Crippen molar-refractivity contribution in [2.24, 2.45) is 0 Å². The van der Waals surface area contributed by atoms with Crippen molar-refractivity contribution in [1.29, 1.82) is 0 Å². The van der Waals surface area contributed by atoms with Crippen LogP contribution in [0.2, 0.25) is 5.02 Å². The van der Waals surface area contributed by atoms with Gasteiger partial charge in [0.25, 0.3) is 5.91 Å². The molecule has 0 aliphatic carbocycles. The summed E-state index contributed by atoms with van der Waals surface area (Å²) in [4.78, 5) is 28.3. The van der Waals surface area contributed by atoms with Gasteiger partial charge in [0, 0.05) is 44.4 Å². The van der Waals surface area contributed by atoms with Gasteiger partial charge in [-0.1, -0.05) is 23.7 Å². The number of hydrogen-bond acceptors (Lipinski definition) is 4. The normalized spacial score (nSPS) is 21.3. The number of piperazine rings is 1. The van der Waals surface area contributed by atoms with E-state index in [-0.39, 0.29) is 17.9 Å². The van der Waals surface area contributed by atoms with Crippen molar-refractivity contribution in [3.8, 4) is 0 Å². The lowest BCUT2D eigenvalue weighted by molar-refractivity contribution is -0.142. The van der Waals surface area contributed by atoms with Crippen LogP contribution in [0.25, 0.3) is 0 Å². The van der Waals surface area contributed by atoms with Crippen LogP contribution in [0.1, 0.15) is 18.4 Å². The maximum Gasteiger partial charge on any atom is 0.251 e. The van der Waals surface area contributed by atoms with Crippen LogP contribution in [0, 0.1) is 0 Å². The quantitative estimate of drug-likeness (QED) is 0.853. The first-order chi connectivity index (χ1) is 12.1. The summed E-state index contributed by atoms with van der Waals surface area (Å²) in [5.41, 5.74) is 0.979. The van der Waals surface area contributed by atoms with Crippen molar-refractivity contribution in [2.75, 3.05) is 39.3 Å². The van der Waals surface area contributed by atoms with Crippen LogP contribution in [0.3, 0.4) is 0 Å². The molecule has 0 bridgehead atoms. The number of ether oxygens (including phenoxy) is 1. The van der Waals surface area contributed by atoms with Gasteiger partial charge < -0.3 is 15.0 Å². The second kappa shape index (κ2) is 8.65. The summed E-state index contributed by atoms with van der Waals surface area (Å²) in [6.07, 6.45) is 1.53. The summed E-state index contributed by atoms with van der Waals surface area (Å²) in [6.45, 7) is 4.23. The molecule has 2 aliphatic rings. The van der Waals surface area contributed by atoms with E-state index in [1.165, 1.54) is 0 Å². The van der Waals surface area contributed by atoms with Crippen molar-refractivity contribution < 1.29 is 14.3 Å². The van der Waals surface area contributed by atoms with E-state index in [0.29, 0.717) is 50.9 Å². The van der Waals surface area contributed by atoms with E-state index in [1.54, 1.807) is 0 Å². The zero-order valence-electron chi connectivity index (χ0n) is 14.2. The molecule has 3 rings (SSSR count). The van der Waals surface area contributed by atoms with Crippen LogP contribution in [-0.4, -0.2) is 67.0 Å². The molecule has 2 amide bonds. The number of rotatable bonds is 5. The molecule has 1 unspecified atom stereocenters. The Morgan fingerprint density at radius 1 is 1.24 bits per heavy atom. The Hall–Kier alpha value is -1.63. The molecule has 0 saturated carbocycles. The Bertz CT molecular complexity index is 611. The van der Waals surface area contributed by atoms with E-state index in [4.69, 9.17) is 16.3 Å². The molecule has 6 nitrogen and oxygen atoms in total. The van der Waals surface area contributed by atoms with Gasteiger partial charge in [0.05, 0.1) is 6.54 Å². The van der Waals surface area contributed by atoms with Crippen molar-refractivity contribution >= 4 is 23.4 Å². The highest BCUT2D eigenvalue weighted by Gasteiger charge is 2.30. The monoisotopic (exact) mass is 365 g/mol. The summed E-state index contributed by atoms with van der Waals surface area (Å²) in [6, 6.07) is 7.46. The maximum atomic E-state index is 12.3. The van der Waals surface area contributed by atoms with Gasteiger partial charge in [-0.3, -0.25) is 14.5 Å². The third-order valence-electron chi connectivity index (χ3n) is 4.64. The molecule has 136 valence electrons. The second-order valence-electron chi connectivity index (χ2n) is 6.51. The molecule has 2 saturated heterocycles. The van der Waals surface area contributed by atoms with Crippen molar-refractivity contribution in [3.05, 3.63) is 34.9 Å². The molecule has 2 fully saturated rings. The first-order valence-corrected chi connectivity index (χ1v) is 9.13. The van der Waals surface area contributed by atoms with E-state index in [2.05, 4.69) is 10.2 Å². The van der Waals surface area contributed by atoms with Gasteiger partial charge in [-0.2, -0.15) is 0 Å². The smallest absolute Gasteiger partial charge is 0.251 e. The van der Waals surface area contributed by atoms with E-state index in [1.807, 2.05) is 29.2 Å². The Morgan fingerprint density at radius 3 is 2.72 bits per heavy atom. The van der Waals surface area contributed by atoms with Crippen LogP contribution in [-0.2, 0) is 20.9 Å². The minimum Gasteiger partial charge on any atom is -0.368 e. The van der Waals surface area contributed by atoms with Gasteiger partial charge in [0.2, 0.25) is 5.91 Å².